The lowest BCUT2D eigenvalue weighted by molar-refractivity contribution is -0.765. The molecular formula is C27H33N3O10P+. The zero-order valence-electron chi connectivity index (χ0n) is 22.0. The molecule has 0 saturated carbocycles. The first kappa shape index (κ1) is 30.6. The van der Waals surface area contributed by atoms with Gasteiger partial charge in [0.2, 0.25) is 0 Å². The van der Waals surface area contributed by atoms with Gasteiger partial charge in [-0.2, -0.15) is 4.57 Å². The van der Waals surface area contributed by atoms with E-state index >= 15 is 0 Å². The number of ether oxygens (including phenoxy) is 3. The first-order valence-electron chi connectivity index (χ1n) is 12.8. The van der Waals surface area contributed by atoms with E-state index in [1.54, 1.807) is 66.9 Å². The quantitative estimate of drug-likeness (QED) is 0.105. The fraction of sp³-hybridized carbons (Fsp3) is 0.333. The number of aromatic nitrogens is 1. The van der Waals surface area contributed by atoms with Crippen molar-refractivity contribution >= 4 is 25.1 Å². The molecule has 0 aliphatic carbocycles. The Kier molecular flexibility index (Phi) is 10.8. The minimum Gasteiger partial charge on any atom is -0.491 e. The summed E-state index contributed by atoms with van der Waals surface area (Å²) in [5, 5.41) is 23.4. The fourth-order valence-corrected chi connectivity index (χ4v) is 4.69. The number of amides is 1. The first-order valence-corrected chi connectivity index (χ1v) is 14.3. The van der Waals surface area contributed by atoms with Crippen molar-refractivity contribution in [3.05, 3.63) is 84.7 Å². The van der Waals surface area contributed by atoms with Crippen LogP contribution >= 0.6 is 7.82 Å². The summed E-state index contributed by atoms with van der Waals surface area (Å²) in [6, 6.07) is 19.1. The van der Waals surface area contributed by atoms with E-state index < -0.39 is 39.0 Å². The largest absolute Gasteiger partial charge is 0.491 e. The Bertz CT molecular complexity index is 1330. The van der Waals surface area contributed by atoms with E-state index in [1.807, 2.05) is 6.07 Å². The van der Waals surface area contributed by atoms with E-state index in [1.165, 1.54) is 10.8 Å². The van der Waals surface area contributed by atoms with Crippen molar-refractivity contribution in [2.45, 2.75) is 24.5 Å². The van der Waals surface area contributed by atoms with Crippen molar-refractivity contribution < 1.29 is 52.3 Å². The highest BCUT2D eigenvalue weighted by atomic mass is 31.2. The smallest absolute Gasteiger partial charge is 0.472 e. The van der Waals surface area contributed by atoms with Gasteiger partial charge in [-0.05, 0) is 30.3 Å². The van der Waals surface area contributed by atoms with Crippen molar-refractivity contribution in [1.82, 2.24) is 0 Å². The molecule has 0 spiro atoms. The average molecular weight is 591 g/mol. The van der Waals surface area contributed by atoms with Crippen LogP contribution < -0.4 is 20.4 Å². The van der Waals surface area contributed by atoms with Crippen molar-refractivity contribution in [3.63, 3.8) is 0 Å². The Hall–Kier alpha value is -3.39. The number of nitrogen functional groups attached to an aromatic ring is 1. The summed E-state index contributed by atoms with van der Waals surface area (Å²) in [6.07, 6.45) is -1.56. The summed E-state index contributed by atoms with van der Waals surface area (Å²) < 4.78 is 40.1. The van der Waals surface area contributed by atoms with Gasteiger partial charge < -0.3 is 40.4 Å². The Labute approximate surface area is 236 Å². The summed E-state index contributed by atoms with van der Waals surface area (Å²) in [5.41, 5.74) is 7.29. The summed E-state index contributed by atoms with van der Waals surface area (Å²) in [6.45, 7) is -0.392. The number of phosphoric acid groups is 1. The topological polar surface area (TPSA) is 183 Å². The Balaban J connectivity index is 1.11. The van der Waals surface area contributed by atoms with Crippen molar-refractivity contribution in [1.29, 1.82) is 0 Å². The van der Waals surface area contributed by atoms with Gasteiger partial charge in [0.1, 0.15) is 24.6 Å². The summed E-state index contributed by atoms with van der Waals surface area (Å²) in [4.78, 5) is 22.2. The number of carbonyl (C=O) groups is 1. The van der Waals surface area contributed by atoms with Crippen LogP contribution in [0.25, 0.3) is 0 Å². The third kappa shape index (κ3) is 9.05. The molecule has 6 N–H and O–H groups in total. The highest BCUT2D eigenvalue weighted by molar-refractivity contribution is 7.47. The predicted octanol–water partition coefficient (Wildman–Crippen LogP) is 1.66. The van der Waals surface area contributed by atoms with Crippen LogP contribution in [0.4, 0.5) is 11.4 Å². The van der Waals surface area contributed by atoms with Gasteiger partial charge in [0.05, 0.1) is 32.1 Å². The molecule has 1 fully saturated rings. The molecular weight excluding hydrogens is 557 g/mol. The molecule has 1 aromatic heterocycles. The molecule has 41 heavy (non-hydrogen) atoms. The van der Waals surface area contributed by atoms with Gasteiger partial charge in [-0.25, -0.2) is 4.57 Å². The van der Waals surface area contributed by atoms with E-state index in [4.69, 9.17) is 29.0 Å². The number of nitrogens with zero attached hydrogens (tertiary/aromatic N) is 1. The van der Waals surface area contributed by atoms with Gasteiger partial charge in [0.25, 0.3) is 12.1 Å². The number of nitrogens with two attached hydrogens (primary N) is 1. The van der Waals surface area contributed by atoms with Crippen LogP contribution in [0, 0.1) is 0 Å². The van der Waals surface area contributed by atoms with Gasteiger partial charge in [0.15, 0.2) is 18.5 Å². The molecule has 13 nitrogen and oxygen atoms in total. The molecule has 2 aromatic carbocycles. The minimum absolute atomic E-state index is 0.0140. The highest BCUT2D eigenvalue weighted by Crippen LogP contribution is 2.44. The van der Waals surface area contributed by atoms with E-state index in [2.05, 4.69) is 5.32 Å². The van der Waals surface area contributed by atoms with Crippen molar-refractivity contribution in [2.24, 2.45) is 0 Å². The maximum atomic E-state index is 12.3. The number of phosphoric ester groups is 1. The minimum atomic E-state index is -4.48. The molecule has 1 amide bonds. The Morgan fingerprint density at radius 2 is 1.76 bits per heavy atom. The predicted molar refractivity (Wildman–Crippen MR) is 146 cm³/mol. The number of aliphatic hydroxyl groups excluding tert-OH is 2. The van der Waals surface area contributed by atoms with Crippen LogP contribution in [-0.2, 0) is 23.1 Å². The maximum absolute atomic E-state index is 12.3. The summed E-state index contributed by atoms with van der Waals surface area (Å²) in [7, 11) is -4.48. The van der Waals surface area contributed by atoms with E-state index in [-0.39, 0.29) is 32.3 Å². The Morgan fingerprint density at radius 1 is 0.976 bits per heavy atom. The number of hydrogen-bond donors (Lipinski definition) is 5. The molecule has 1 saturated heterocycles. The van der Waals surface area contributed by atoms with Crippen LogP contribution in [0.1, 0.15) is 16.6 Å². The number of pyridine rings is 1. The number of rotatable bonds is 14. The zero-order chi connectivity index (χ0) is 29.2. The second kappa shape index (κ2) is 14.5. The zero-order valence-corrected chi connectivity index (χ0v) is 22.9. The lowest BCUT2D eigenvalue weighted by atomic mass is 10.1. The molecule has 1 aliphatic heterocycles. The number of aliphatic hydroxyl groups is 2. The van der Waals surface area contributed by atoms with Crippen LogP contribution in [0.5, 0.6) is 5.75 Å². The second-order valence-electron chi connectivity index (χ2n) is 9.04. The van der Waals surface area contributed by atoms with Crippen LogP contribution in [0.15, 0.2) is 79.1 Å². The molecule has 0 radical (unpaired) electrons. The normalized spacial score (nSPS) is 21.7. The number of anilines is 2. The first-order chi connectivity index (χ1) is 19.7. The van der Waals surface area contributed by atoms with Crippen LogP contribution in [0.3, 0.4) is 0 Å². The average Bonchev–Trinajstić information content (AvgIpc) is 3.25. The third-order valence-corrected chi connectivity index (χ3v) is 6.97. The molecule has 1 aliphatic rings. The van der Waals surface area contributed by atoms with Crippen LogP contribution in [-0.4, -0.2) is 72.4 Å². The fourth-order valence-electron chi connectivity index (χ4n) is 3.98. The van der Waals surface area contributed by atoms with Gasteiger partial charge in [-0.1, -0.05) is 24.3 Å². The number of benzene rings is 2. The second-order valence-corrected chi connectivity index (χ2v) is 10.5. The van der Waals surface area contributed by atoms with E-state index in [0.29, 0.717) is 22.7 Å². The van der Waals surface area contributed by atoms with Gasteiger partial charge in [0, 0.05) is 23.4 Å². The molecule has 5 atom stereocenters. The molecule has 0 bridgehead atoms. The standard InChI is InChI=1S/C27H32N3O10P/c28-20-8-5-11-30(17-20)27-25(32)24(31)23(40-27)18-39-41(34,35)38-15-13-36-12-14-37-22-10-4-9-21(16-22)29-26(33)19-6-2-1-3-7-19/h1-11,16-17,23-25,27,31-32H,12-15,18,28H2,(H-,29,33,34,35)/p+1/t23-,24-,25-,27-/m1/s1. The van der Waals surface area contributed by atoms with Crippen LogP contribution in [0.2, 0.25) is 0 Å². The maximum Gasteiger partial charge on any atom is 0.472 e. The highest BCUT2D eigenvalue weighted by Gasteiger charge is 2.49. The van der Waals surface area contributed by atoms with Crippen molar-refractivity contribution in [2.75, 3.05) is 44.1 Å². The van der Waals surface area contributed by atoms with Gasteiger partial charge in [-0.15, -0.1) is 0 Å². The lowest BCUT2D eigenvalue weighted by Crippen LogP contribution is -2.45. The third-order valence-electron chi connectivity index (χ3n) is 5.98. The van der Waals surface area contributed by atoms with Gasteiger partial charge >= 0.3 is 7.82 Å². The molecule has 14 heteroatoms. The number of nitrogens with one attached hydrogen (secondary N) is 1. The summed E-state index contributed by atoms with van der Waals surface area (Å²) in [5.74, 6) is 0.295. The molecule has 4 rings (SSSR count). The lowest BCUT2D eigenvalue weighted by Gasteiger charge is -2.17. The molecule has 2 heterocycles. The Morgan fingerprint density at radius 3 is 2.54 bits per heavy atom. The number of hydrogen-bond acceptors (Lipinski definition) is 10. The van der Waals surface area contributed by atoms with Gasteiger partial charge in [-0.3, -0.25) is 13.8 Å². The van der Waals surface area contributed by atoms with Crippen molar-refractivity contribution in [3.8, 4) is 5.75 Å². The molecule has 3 aromatic rings. The molecule has 1 unspecified atom stereocenters. The van der Waals surface area contributed by atoms with E-state index in [9.17, 15) is 24.5 Å². The SMILES string of the molecule is Nc1ccc[n+]([C@@H]2O[C@H](COP(=O)(O)OCCOCCOc3cccc(NC(=O)c4ccccc4)c3)[C@@H](O)[C@H]2O)c1. The summed E-state index contributed by atoms with van der Waals surface area (Å²) >= 11 is 0. The molecule has 220 valence electrons. The van der Waals surface area contributed by atoms with E-state index in [0.717, 1.165) is 0 Å². The monoisotopic (exact) mass is 590 g/mol. The number of carbonyl (C=O) groups excluding carboxylic acids is 1.